The maximum atomic E-state index is 13.4. The number of primary amides is 1. The van der Waals surface area contributed by atoms with Crippen molar-refractivity contribution in [3.8, 4) is 0 Å². The van der Waals surface area contributed by atoms with E-state index in [1.165, 1.54) is 0 Å². The van der Waals surface area contributed by atoms with Gasteiger partial charge in [0.25, 0.3) is 11.8 Å². The van der Waals surface area contributed by atoms with Gasteiger partial charge < -0.3 is 21.3 Å². The van der Waals surface area contributed by atoms with Gasteiger partial charge in [0.15, 0.2) is 5.78 Å². The van der Waals surface area contributed by atoms with Crippen molar-refractivity contribution in [3.05, 3.63) is 52.7 Å². The van der Waals surface area contributed by atoms with Crippen LogP contribution in [0.5, 0.6) is 0 Å². The first-order valence-corrected chi connectivity index (χ1v) is 13.8. The maximum Gasteiger partial charge on any atom is 0.251 e. The number of benzene rings is 1. The van der Waals surface area contributed by atoms with Crippen molar-refractivity contribution in [2.75, 3.05) is 16.8 Å². The molecule has 3 atom stereocenters. The molecule has 8 heteroatoms. The van der Waals surface area contributed by atoms with E-state index in [0.29, 0.717) is 41.0 Å². The number of nitrogens with one attached hydrogen (secondary N) is 2. The first-order chi connectivity index (χ1) is 18.0. The van der Waals surface area contributed by atoms with Crippen LogP contribution in [0.15, 0.2) is 30.5 Å². The lowest BCUT2D eigenvalue weighted by atomic mass is 9.95. The van der Waals surface area contributed by atoms with E-state index in [2.05, 4.69) is 41.3 Å². The Balaban J connectivity index is 1.27. The predicted octanol–water partition coefficient (Wildman–Crippen LogP) is 4.47. The first kappa shape index (κ1) is 26.2. The van der Waals surface area contributed by atoms with E-state index in [9.17, 15) is 14.4 Å². The zero-order chi connectivity index (χ0) is 27.2. The summed E-state index contributed by atoms with van der Waals surface area (Å²) in [5.41, 5.74) is 8.60. The first-order valence-electron chi connectivity index (χ1n) is 13.8. The van der Waals surface area contributed by atoms with Gasteiger partial charge in [0.2, 0.25) is 0 Å². The Kier molecular flexibility index (Phi) is 6.92. The molecule has 3 aliphatic rings. The molecular formula is C30H39N5O3. The topological polar surface area (TPSA) is 117 Å². The fraction of sp³-hybridized carbons (Fsp3) is 0.533. The molecule has 3 heterocycles. The van der Waals surface area contributed by atoms with Gasteiger partial charge in [0.05, 0.1) is 5.56 Å². The molecule has 0 spiro atoms. The third-order valence-corrected chi connectivity index (χ3v) is 8.00. The Labute approximate surface area is 224 Å². The number of carbonyl (C=O) groups is 3. The highest BCUT2D eigenvalue weighted by atomic mass is 16.2. The van der Waals surface area contributed by atoms with Crippen LogP contribution in [0, 0.1) is 18.3 Å². The van der Waals surface area contributed by atoms with Gasteiger partial charge in [0, 0.05) is 53.6 Å². The summed E-state index contributed by atoms with van der Waals surface area (Å²) < 4.78 is 0. The summed E-state index contributed by atoms with van der Waals surface area (Å²) >= 11 is 0. The van der Waals surface area contributed by atoms with Crippen LogP contribution >= 0.6 is 0 Å². The van der Waals surface area contributed by atoms with Crippen LogP contribution in [0.2, 0.25) is 0 Å². The lowest BCUT2D eigenvalue weighted by Crippen LogP contribution is -2.50. The molecule has 38 heavy (non-hydrogen) atoms. The minimum Gasteiger partial charge on any atom is -0.384 e. The van der Waals surface area contributed by atoms with Crippen molar-refractivity contribution in [1.82, 2.24) is 10.3 Å². The van der Waals surface area contributed by atoms with E-state index < -0.39 is 5.91 Å². The summed E-state index contributed by atoms with van der Waals surface area (Å²) in [6.07, 6.45) is 7.54. The zero-order valence-electron chi connectivity index (χ0n) is 22.8. The zero-order valence-corrected chi connectivity index (χ0v) is 22.8. The molecule has 1 aliphatic carbocycles. The Bertz CT molecular complexity index is 1230. The number of piperidine rings is 1. The molecule has 1 aromatic carbocycles. The molecule has 2 aromatic rings. The number of aromatic nitrogens is 1. The van der Waals surface area contributed by atoms with Gasteiger partial charge in [0.1, 0.15) is 5.82 Å². The number of hydrogen-bond acceptors (Lipinski definition) is 6. The van der Waals surface area contributed by atoms with Gasteiger partial charge in [-0.05, 0) is 80.7 Å². The van der Waals surface area contributed by atoms with Crippen LogP contribution in [0.25, 0.3) is 0 Å². The van der Waals surface area contributed by atoms with Crippen LogP contribution in [0.3, 0.4) is 0 Å². The largest absolute Gasteiger partial charge is 0.384 e. The van der Waals surface area contributed by atoms with Crippen molar-refractivity contribution >= 4 is 29.1 Å². The summed E-state index contributed by atoms with van der Waals surface area (Å²) in [6.45, 7) is 8.78. The Morgan fingerprint density at radius 3 is 2.26 bits per heavy atom. The summed E-state index contributed by atoms with van der Waals surface area (Å²) in [6, 6.07) is 8.04. The standard InChI is InChI=1S/C30H39N5O3/c1-17-11-24(28(31)37)25(33-16-30(2,3)4)14-23(17)29(38)34-20-12-21-8-9-22(13-20)35(21)26-10-7-19(15-32-26)27(36)18-5-6-18/h7,10-11,14-15,18,20-22,33H,5-6,8-9,12-13,16H2,1-4H3,(H2,31,37)(H,34,38)/t20?,21-,22+. The number of aryl methyl sites for hydroxylation is 1. The molecule has 8 nitrogen and oxygen atoms in total. The number of amides is 2. The van der Waals surface area contributed by atoms with Crippen molar-refractivity contribution in [2.24, 2.45) is 17.1 Å². The van der Waals surface area contributed by atoms with Crippen LogP contribution in [0.1, 0.15) is 95.9 Å². The summed E-state index contributed by atoms with van der Waals surface area (Å²) in [7, 11) is 0. The SMILES string of the molecule is Cc1cc(C(N)=O)c(NCC(C)(C)C)cc1C(=O)NC1C[C@H]2CC[C@@H](C1)N2c1ccc(C(=O)C2CC2)cn1. The van der Waals surface area contributed by atoms with Crippen molar-refractivity contribution < 1.29 is 14.4 Å². The second-order valence-corrected chi connectivity index (χ2v) is 12.5. The van der Waals surface area contributed by atoms with E-state index in [0.717, 1.165) is 49.9 Å². The molecule has 0 radical (unpaired) electrons. The Hall–Kier alpha value is -3.42. The molecule has 3 fully saturated rings. The molecule has 1 unspecified atom stereocenters. The van der Waals surface area contributed by atoms with E-state index >= 15 is 0 Å². The lowest BCUT2D eigenvalue weighted by Gasteiger charge is -2.40. The number of Topliss-reactive ketones (excluding diaryl/α,β-unsaturated/α-hetero) is 1. The smallest absolute Gasteiger partial charge is 0.251 e. The van der Waals surface area contributed by atoms with E-state index in [1.54, 1.807) is 18.3 Å². The van der Waals surface area contributed by atoms with Gasteiger partial charge >= 0.3 is 0 Å². The second-order valence-electron chi connectivity index (χ2n) is 12.5. The van der Waals surface area contributed by atoms with E-state index in [1.807, 2.05) is 19.1 Å². The molecule has 5 rings (SSSR count). The molecule has 1 aromatic heterocycles. The van der Waals surface area contributed by atoms with Gasteiger partial charge in [-0.15, -0.1) is 0 Å². The van der Waals surface area contributed by atoms with E-state index in [-0.39, 0.29) is 29.1 Å². The molecular weight excluding hydrogens is 478 g/mol. The molecule has 1 saturated carbocycles. The van der Waals surface area contributed by atoms with Gasteiger partial charge in [-0.1, -0.05) is 20.8 Å². The highest BCUT2D eigenvalue weighted by molar-refractivity contribution is 6.03. The van der Waals surface area contributed by atoms with Crippen molar-refractivity contribution in [3.63, 3.8) is 0 Å². The normalized spacial score (nSPS) is 22.7. The number of pyridine rings is 1. The number of anilines is 2. The molecule has 2 amide bonds. The summed E-state index contributed by atoms with van der Waals surface area (Å²) in [5.74, 6) is 0.681. The minimum atomic E-state index is -0.515. The fourth-order valence-corrected chi connectivity index (χ4v) is 5.86. The fourth-order valence-electron chi connectivity index (χ4n) is 5.86. The Morgan fingerprint density at radius 2 is 1.71 bits per heavy atom. The minimum absolute atomic E-state index is 0.00258. The highest BCUT2D eigenvalue weighted by Gasteiger charge is 2.42. The molecule has 4 N–H and O–H groups in total. The average Bonchev–Trinajstić information content (AvgIpc) is 3.67. The van der Waals surface area contributed by atoms with Crippen LogP contribution in [-0.4, -0.2) is 47.3 Å². The maximum absolute atomic E-state index is 13.4. The third-order valence-electron chi connectivity index (χ3n) is 8.00. The Morgan fingerprint density at radius 1 is 1.03 bits per heavy atom. The number of ketones is 1. The quantitative estimate of drug-likeness (QED) is 0.445. The molecule has 2 bridgehead atoms. The van der Waals surface area contributed by atoms with Gasteiger partial charge in [-0.25, -0.2) is 4.98 Å². The average molecular weight is 518 g/mol. The number of hydrogen-bond donors (Lipinski definition) is 3. The van der Waals surface area contributed by atoms with Crippen molar-refractivity contribution in [2.45, 2.75) is 84.3 Å². The lowest BCUT2D eigenvalue weighted by molar-refractivity contribution is 0.0923. The van der Waals surface area contributed by atoms with E-state index in [4.69, 9.17) is 5.73 Å². The number of carbonyl (C=O) groups excluding carboxylic acids is 3. The predicted molar refractivity (Wildman–Crippen MR) is 149 cm³/mol. The highest BCUT2D eigenvalue weighted by Crippen LogP contribution is 2.39. The number of nitrogens with two attached hydrogens (primary N) is 1. The van der Waals surface area contributed by atoms with Crippen LogP contribution in [0.4, 0.5) is 11.5 Å². The van der Waals surface area contributed by atoms with Gasteiger partial charge in [-0.2, -0.15) is 0 Å². The molecule has 202 valence electrons. The van der Waals surface area contributed by atoms with Crippen molar-refractivity contribution in [1.29, 1.82) is 0 Å². The third kappa shape index (κ3) is 5.54. The number of fused-ring (bicyclic) bond motifs is 2. The summed E-state index contributed by atoms with van der Waals surface area (Å²) in [4.78, 5) is 44.9. The van der Waals surface area contributed by atoms with Crippen LogP contribution < -0.4 is 21.3 Å². The summed E-state index contributed by atoms with van der Waals surface area (Å²) in [5, 5.41) is 6.58. The number of nitrogens with zero attached hydrogens (tertiary/aromatic N) is 2. The molecule has 2 saturated heterocycles. The number of rotatable bonds is 8. The van der Waals surface area contributed by atoms with Crippen LogP contribution in [-0.2, 0) is 0 Å². The van der Waals surface area contributed by atoms with Gasteiger partial charge in [-0.3, -0.25) is 14.4 Å². The monoisotopic (exact) mass is 517 g/mol. The second kappa shape index (κ2) is 10.0. The molecule has 2 aliphatic heterocycles.